The molecule has 1 aliphatic heterocycles. The van der Waals surface area contributed by atoms with Gasteiger partial charge in [0.25, 0.3) is 0 Å². The molecule has 4 rings (SSSR count). The van der Waals surface area contributed by atoms with Crippen molar-refractivity contribution in [2.24, 2.45) is 0 Å². The molecule has 6 heteroatoms. The lowest BCUT2D eigenvalue weighted by Gasteiger charge is -2.41. The molecule has 1 saturated heterocycles. The Kier molecular flexibility index (Phi) is 3.67. The lowest BCUT2D eigenvalue weighted by Crippen LogP contribution is -2.51. The highest BCUT2D eigenvalue weighted by molar-refractivity contribution is 5.82. The van der Waals surface area contributed by atoms with Crippen molar-refractivity contribution in [2.75, 3.05) is 18.0 Å². The Morgan fingerprint density at radius 3 is 2.64 bits per heavy atom. The Morgan fingerprint density at radius 1 is 1.16 bits per heavy atom. The number of imidazole rings is 1. The molecular weight excluding hydrogens is 316 g/mol. The minimum absolute atomic E-state index is 0.532. The predicted octanol–water partition coefficient (Wildman–Crippen LogP) is 2.82. The topological polar surface area (TPSA) is 71.2 Å². The minimum Gasteiger partial charge on any atom is -0.479 e. The second-order valence-electron chi connectivity index (χ2n) is 6.58. The summed E-state index contributed by atoms with van der Waals surface area (Å²) in [6.45, 7) is 3.33. The second kappa shape index (κ2) is 5.88. The Hall–Kier alpha value is -2.89. The maximum Gasteiger partial charge on any atom is 0.330 e. The standard InChI is InChI=1S/C19H20N4O2/c1-14-12-15(6-9-20-14)22-10-7-19(8-11-22,18(24)25)23-13-21-16-4-2-3-5-17(16)23/h2-6,9,12-13H,7-8,10-11H2,1H3,(H,24,25). The number of nitrogens with zero attached hydrogens (tertiary/aromatic N) is 4. The summed E-state index contributed by atoms with van der Waals surface area (Å²) in [4.78, 5) is 23.1. The van der Waals surface area contributed by atoms with E-state index in [2.05, 4.69) is 14.9 Å². The molecule has 3 aromatic rings. The Morgan fingerprint density at radius 2 is 1.92 bits per heavy atom. The summed E-state index contributed by atoms with van der Waals surface area (Å²) in [6, 6.07) is 11.7. The van der Waals surface area contributed by atoms with Gasteiger partial charge in [-0.1, -0.05) is 12.1 Å². The lowest BCUT2D eigenvalue weighted by atomic mass is 9.86. The van der Waals surface area contributed by atoms with E-state index in [1.165, 1.54) is 0 Å². The van der Waals surface area contributed by atoms with E-state index in [9.17, 15) is 9.90 Å². The number of benzene rings is 1. The average molecular weight is 336 g/mol. The van der Waals surface area contributed by atoms with E-state index in [-0.39, 0.29) is 0 Å². The van der Waals surface area contributed by atoms with Gasteiger partial charge in [-0.05, 0) is 44.0 Å². The fourth-order valence-electron chi connectivity index (χ4n) is 3.72. The monoisotopic (exact) mass is 336 g/mol. The van der Waals surface area contributed by atoms with Crippen LogP contribution < -0.4 is 4.90 Å². The highest BCUT2D eigenvalue weighted by Crippen LogP contribution is 2.35. The number of fused-ring (bicyclic) bond motifs is 1. The number of hydrogen-bond acceptors (Lipinski definition) is 4. The summed E-state index contributed by atoms with van der Waals surface area (Å²) >= 11 is 0. The van der Waals surface area contributed by atoms with Gasteiger partial charge in [-0.15, -0.1) is 0 Å². The van der Waals surface area contributed by atoms with Gasteiger partial charge in [0, 0.05) is 30.7 Å². The molecule has 128 valence electrons. The number of aryl methyl sites for hydroxylation is 1. The fraction of sp³-hybridized carbons (Fsp3) is 0.316. The Bertz CT molecular complexity index is 926. The minimum atomic E-state index is -0.950. The first-order valence-corrected chi connectivity index (χ1v) is 8.44. The van der Waals surface area contributed by atoms with Gasteiger partial charge < -0.3 is 14.6 Å². The quantitative estimate of drug-likeness (QED) is 0.796. The van der Waals surface area contributed by atoms with Gasteiger partial charge in [0.05, 0.1) is 17.4 Å². The van der Waals surface area contributed by atoms with Gasteiger partial charge in [0.1, 0.15) is 5.54 Å². The van der Waals surface area contributed by atoms with Gasteiger partial charge >= 0.3 is 5.97 Å². The maximum absolute atomic E-state index is 12.2. The van der Waals surface area contributed by atoms with E-state index in [0.29, 0.717) is 25.9 Å². The predicted molar refractivity (Wildman–Crippen MR) is 95.8 cm³/mol. The first kappa shape index (κ1) is 15.6. The van der Waals surface area contributed by atoms with Crippen LogP contribution in [0.1, 0.15) is 18.5 Å². The normalized spacial score (nSPS) is 16.9. The number of pyridine rings is 1. The van der Waals surface area contributed by atoms with Gasteiger partial charge in [-0.3, -0.25) is 4.98 Å². The zero-order valence-corrected chi connectivity index (χ0v) is 14.1. The highest BCUT2D eigenvalue weighted by Gasteiger charge is 2.44. The zero-order valence-electron chi connectivity index (χ0n) is 14.1. The summed E-state index contributed by atoms with van der Waals surface area (Å²) in [5, 5.41) is 10.0. The summed E-state index contributed by atoms with van der Waals surface area (Å²) in [5.74, 6) is -0.791. The second-order valence-corrected chi connectivity index (χ2v) is 6.58. The van der Waals surface area contributed by atoms with Crippen molar-refractivity contribution < 1.29 is 9.90 Å². The highest BCUT2D eigenvalue weighted by atomic mass is 16.4. The van der Waals surface area contributed by atoms with Crippen LogP contribution in [-0.2, 0) is 10.3 Å². The number of carbonyl (C=O) groups is 1. The zero-order chi connectivity index (χ0) is 17.4. The van der Waals surface area contributed by atoms with Crippen molar-refractivity contribution in [1.82, 2.24) is 14.5 Å². The maximum atomic E-state index is 12.2. The molecule has 6 nitrogen and oxygen atoms in total. The molecule has 1 aromatic carbocycles. The third kappa shape index (κ3) is 2.54. The van der Waals surface area contributed by atoms with E-state index < -0.39 is 11.5 Å². The molecule has 0 atom stereocenters. The summed E-state index contributed by atoms with van der Waals surface area (Å²) in [6.07, 6.45) is 4.53. The fourth-order valence-corrected chi connectivity index (χ4v) is 3.72. The number of rotatable bonds is 3. The van der Waals surface area contributed by atoms with Crippen LogP contribution in [0.15, 0.2) is 48.9 Å². The van der Waals surface area contributed by atoms with Crippen molar-refractivity contribution in [3.63, 3.8) is 0 Å². The Labute approximate surface area is 145 Å². The number of piperidine rings is 1. The molecule has 1 aliphatic rings. The largest absolute Gasteiger partial charge is 0.479 e. The lowest BCUT2D eigenvalue weighted by molar-refractivity contribution is -0.148. The number of aromatic nitrogens is 3. The smallest absolute Gasteiger partial charge is 0.330 e. The van der Waals surface area contributed by atoms with Crippen molar-refractivity contribution in [1.29, 1.82) is 0 Å². The molecule has 1 N–H and O–H groups in total. The van der Waals surface area contributed by atoms with Crippen molar-refractivity contribution >= 4 is 22.7 Å². The number of aliphatic carboxylic acids is 1. The van der Waals surface area contributed by atoms with Gasteiger partial charge in [-0.25, -0.2) is 9.78 Å². The van der Waals surface area contributed by atoms with Crippen LogP contribution in [0.5, 0.6) is 0 Å². The average Bonchev–Trinajstić information content (AvgIpc) is 3.06. The van der Waals surface area contributed by atoms with Crippen LogP contribution in [-0.4, -0.2) is 38.7 Å². The van der Waals surface area contributed by atoms with Crippen LogP contribution in [0.4, 0.5) is 5.69 Å². The number of carboxylic acids is 1. The van der Waals surface area contributed by atoms with Crippen molar-refractivity contribution in [3.8, 4) is 0 Å². The van der Waals surface area contributed by atoms with Crippen LogP contribution in [0, 0.1) is 6.92 Å². The number of carboxylic acid groups (broad SMARTS) is 1. The van der Waals surface area contributed by atoms with Gasteiger partial charge in [0.15, 0.2) is 0 Å². The third-order valence-corrected chi connectivity index (χ3v) is 5.15. The van der Waals surface area contributed by atoms with Crippen molar-refractivity contribution in [3.05, 3.63) is 54.6 Å². The van der Waals surface area contributed by atoms with E-state index in [0.717, 1.165) is 22.4 Å². The molecule has 0 bridgehead atoms. The molecule has 1 fully saturated rings. The first-order chi connectivity index (χ1) is 12.1. The Balaban J connectivity index is 1.67. The molecular formula is C19H20N4O2. The van der Waals surface area contributed by atoms with Gasteiger partial charge in [0.2, 0.25) is 0 Å². The van der Waals surface area contributed by atoms with Crippen LogP contribution in [0.3, 0.4) is 0 Å². The molecule has 0 spiro atoms. The first-order valence-electron chi connectivity index (χ1n) is 8.44. The molecule has 0 aliphatic carbocycles. The van der Waals surface area contributed by atoms with Crippen LogP contribution in [0.25, 0.3) is 11.0 Å². The summed E-state index contributed by atoms with van der Waals surface area (Å²) in [7, 11) is 0. The van der Waals surface area contributed by atoms with E-state index >= 15 is 0 Å². The van der Waals surface area contributed by atoms with Crippen LogP contribution in [0.2, 0.25) is 0 Å². The third-order valence-electron chi connectivity index (χ3n) is 5.15. The summed E-state index contributed by atoms with van der Waals surface area (Å²) in [5.41, 5.74) is 2.82. The SMILES string of the molecule is Cc1cc(N2CCC(C(=O)O)(n3cnc4ccccc43)CC2)ccn1. The summed E-state index contributed by atoms with van der Waals surface area (Å²) < 4.78 is 1.85. The number of hydrogen-bond donors (Lipinski definition) is 1. The number of para-hydroxylation sites is 2. The molecule has 25 heavy (non-hydrogen) atoms. The molecule has 0 unspecified atom stereocenters. The van der Waals surface area contributed by atoms with E-state index in [1.54, 1.807) is 12.5 Å². The molecule has 0 radical (unpaired) electrons. The van der Waals surface area contributed by atoms with Crippen LogP contribution >= 0.6 is 0 Å². The molecule has 2 aromatic heterocycles. The van der Waals surface area contributed by atoms with E-state index in [1.807, 2.05) is 47.9 Å². The number of anilines is 1. The molecule has 0 saturated carbocycles. The molecule has 0 amide bonds. The van der Waals surface area contributed by atoms with Crippen molar-refractivity contribution in [2.45, 2.75) is 25.3 Å². The molecule has 3 heterocycles. The van der Waals surface area contributed by atoms with Gasteiger partial charge in [-0.2, -0.15) is 0 Å². The van der Waals surface area contributed by atoms with E-state index in [4.69, 9.17) is 0 Å².